The van der Waals surface area contributed by atoms with Gasteiger partial charge >= 0.3 is 0 Å². The standard InChI is InChI=1S/C15H18F2N2O/c16-10-2-1-3-11(8-10)19-7-6-15(14(19)20)5-4-12(17)13(18)9-15/h1-3,8,12-13H,4-7,9,18H2. The lowest BCUT2D eigenvalue weighted by Crippen LogP contribution is -2.47. The summed E-state index contributed by atoms with van der Waals surface area (Å²) < 4.78 is 26.8. The van der Waals surface area contributed by atoms with E-state index in [2.05, 4.69) is 0 Å². The molecule has 1 amide bonds. The summed E-state index contributed by atoms with van der Waals surface area (Å²) in [6, 6.07) is 5.45. The molecule has 1 heterocycles. The van der Waals surface area contributed by atoms with E-state index >= 15 is 0 Å². The van der Waals surface area contributed by atoms with Crippen LogP contribution in [0.1, 0.15) is 25.7 Å². The summed E-state index contributed by atoms with van der Waals surface area (Å²) in [4.78, 5) is 14.3. The van der Waals surface area contributed by atoms with Crippen LogP contribution in [0.5, 0.6) is 0 Å². The highest BCUT2D eigenvalue weighted by Crippen LogP contribution is 2.46. The number of benzene rings is 1. The third-order valence-electron chi connectivity index (χ3n) is 4.62. The fraction of sp³-hybridized carbons (Fsp3) is 0.533. The van der Waals surface area contributed by atoms with Gasteiger partial charge in [-0.25, -0.2) is 8.78 Å². The summed E-state index contributed by atoms with van der Waals surface area (Å²) >= 11 is 0. The first-order valence-electron chi connectivity index (χ1n) is 6.99. The van der Waals surface area contributed by atoms with Crippen LogP contribution in [-0.4, -0.2) is 24.7 Å². The first kappa shape index (κ1) is 13.5. The van der Waals surface area contributed by atoms with Gasteiger partial charge in [0.05, 0.1) is 5.41 Å². The average Bonchev–Trinajstić information content (AvgIpc) is 2.72. The third kappa shape index (κ3) is 2.10. The van der Waals surface area contributed by atoms with E-state index in [0.29, 0.717) is 37.9 Å². The number of anilines is 1. The Labute approximate surface area is 116 Å². The van der Waals surface area contributed by atoms with Gasteiger partial charge in [0.25, 0.3) is 0 Å². The van der Waals surface area contributed by atoms with E-state index in [9.17, 15) is 13.6 Å². The van der Waals surface area contributed by atoms with Gasteiger partial charge in [0.2, 0.25) is 5.91 Å². The van der Waals surface area contributed by atoms with E-state index in [0.717, 1.165) is 0 Å². The molecule has 0 radical (unpaired) electrons. The SMILES string of the molecule is NC1CC2(CCC1F)CCN(c1cccc(F)c1)C2=O. The lowest BCUT2D eigenvalue weighted by molar-refractivity contribution is -0.128. The number of nitrogens with zero attached hydrogens (tertiary/aromatic N) is 1. The number of hydrogen-bond donors (Lipinski definition) is 1. The van der Waals surface area contributed by atoms with Crippen molar-refractivity contribution in [2.24, 2.45) is 11.1 Å². The average molecular weight is 280 g/mol. The van der Waals surface area contributed by atoms with Crippen LogP contribution in [0.15, 0.2) is 24.3 Å². The predicted molar refractivity (Wildman–Crippen MR) is 72.5 cm³/mol. The molecule has 1 aromatic carbocycles. The molecular weight excluding hydrogens is 262 g/mol. The topological polar surface area (TPSA) is 46.3 Å². The molecule has 3 atom stereocenters. The molecule has 1 aliphatic heterocycles. The molecule has 1 aromatic rings. The van der Waals surface area contributed by atoms with Crippen molar-refractivity contribution in [3.63, 3.8) is 0 Å². The van der Waals surface area contributed by atoms with Gasteiger partial charge in [0, 0.05) is 18.3 Å². The van der Waals surface area contributed by atoms with Gasteiger partial charge in [-0.1, -0.05) is 6.07 Å². The Morgan fingerprint density at radius 3 is 2.85 bits per heavy atom. The molecule has 108 valence electrons. The van der Waals surface area contributed by atoms with Gasteiger partial charge < -0.3 is 10.6 Å². The normalized spacial score (nSPS) is 34.0. The Bertz CT molecular complexity index is 536. The van der Waals surface area contributed by atoms with Crippen LogP contribution in [0.3, 0.4) is 0 Å². The van der Waals surface area contributed by atoms with Crippen molar-refractivity contribution in [2.75, 3.05) is 11.4 Å². The van der Waals surface area contributed by atoms with Crippen molar-refractivity contribution in [3.05, 3.63) is 30.1 Å². The Kier molecular flexibility index (Phi) is 3.24. The number of carbonyl (C=O) groups excluding carboxylic acids is 1. The summed E-state index contributed by atoms with van der Waals surface area (Å²) in [5.41, 5.74) is 5.82. The number of hydrogen-bond acceptors (Lipinski definition) is 2. The Balaban J connectivity index is 1.84. The van der Waals surface area contributed by atoms with Crippen LogP contribution in [0, 0.1) is 11.2 Å². The maximum Gasteiger partial charge on any atom is 0.233 e. The second-order valence-corrected chi connectivity index (χ2v) is 5.89. The summed E-state index contributed by atoms with van der Waals surface area (Å²) in [6.45, 7) is 0.548. The second-order valence-electron chi connectivity index (χ2n) is 5.89. The molecule has 1 saturated heterocycles. The van der Waals surface area contributed by atoms with E-state index in [4.69, 9.17) is 5.73 Å². The van der Waals surface area contributed by atoms with Gasteiger partial charge in [-0.2, -0.15) is 0 Å². The molecule has 3 rings (SSSR count). The van der Waals surface area contributed by atoms with Crippen molar-refractivity contribution in [2.45, 2.75) is 37.9 Å². The Hall–Kier alpha value is -1.49. The first-order valence-corrected chi connectivity index (χ1v) is 6.99. The number of amides is 1. The van der Waals surface area contributed by atoms with E-state index in [1.165, 1.54) is 12.1 Å². The molecular formula is C15H18F2N2O. The minimum atomic E-state index is -1.02. The molecule has 1 aliphatic carbocycles. The maximum absolute atomic E-state index is 13.5. The van der Waals surface area contributed by atoms with E-state index in [-0.39, 0.29) is 11.7 Å². The van der Waals surface area contributed by atoms with E-state index in [1.807, 2.05) is 0 Å². The van der Waals surface area contributed by atoms with Gasteiger partial charge in [-0.3, -0.25) is 4.79 Å². The highest BCUT2D eigenvalue weighted by Gasteiger charge is 2.51. The van der Waals surface area contributed by atoms with Crippen molar-refractivity contribution >= 4 is 11.6 Å². The van der Waals surface area contributed by atoms with Crippen molar-refractivity contribution in [1.82, 2.24) is 0 Å². The van der Waals surface area contributed by atoms with Gasteiger partial charge in [0.1, 0.15) is 12.0 Å². The van der Waals surface area contributed by atoms with Crippen LogP contribution in [-0.2, 0) is 4.79 Å². The smallest absolute Gasteiger partial charge is 0.233 e. The number of alkyl halides is 1. The van der Waals surface area contributed by atoms with Crippen LogP contribution < -0.4 is 10.6 Å². The summed E-state index contributed by atoms with van der Waals surface area (Å²) in [5, 5.41) is 0. The molecule has 1 spiro atoms. The monoisotopic (exact) mass is 280 g/mol. The summed E-state index contributed by atoms with van der Waals surface area (Å²) in [6.07, 6.45) is 0.912. The largest absolute Gasteiger partial charge is 0.325 e. The summed E-state index contributed by atoms with van der Waals surface area (Å²) in [5.74, 6) is -0.397. The summed E-state index contributed by atoms with van der Waals surface area (Å²) in [7, 11) is 0. The predicted octanol–water partition coefficient (Wildman–Crippen LogP) is 2.40. The number of nitrogens with two attached hydrogens (primary N) is 1. The van der Waals surface area contributed by atoms with Crippen molar-refractivity contribution in [3.8, 4) is 0 Å². The molecule has 5 heteroatoms. The fourth-order valence-electron chi connectivity index (χ4n) is 3.44. The number of rotatable bonds is 1. The maximum atomic E-state index is 13.5. The van der Waals surface area contributed by atoms with Crippen molar-refractivity contribution in [1.29, 1.82) is 0 Å². The van der Waals surface area contributed by atoms with Gasteiger partial charge in [-0.15, -0.1) is 0 Å². The van der Waals surface area contributed by atoms with Gasteiger partial charge in [0.15, 0.2) is 0 Å². The molecule has 20 heavy (non-hydrogen) atoms. The lowest BCUT2D eigenvalue weighted by atomic mass is 9.70. The lowest BCUT2D eigenvalue weighted by Gasteiger charge is -2.36. The first-order chi connectivity index (χ1) is 9.52. The van der Waals surface area contributed by atoms with Gasteiger partial charge in [-0.05, 0) is 43.9 Å². The molecule has 0 aromatic heterocycles. The van der Waals surface area contributed by atoms with Crippen molar-refractivity contribution < 1.29 is 13.6 Å². The highest BCUT2D eigenvalue weighted by molar-refractivity contribution is 6.00. The van der Waals surface area contributed by atoms with E-state index < -0.39 is 17.6 Å². The quantitative estimate of drug-likeness (QED) is 0.858. The molecule has 2 aliphatic rings. The minimum absolute atomic E-state index is 0.0366. The number of carbonyl (C=O) groups is 1. The number of halogens is 2. The zero-order valence-electron chi connectivity index (χ0n) is 11.2. The van der Waals surface area contributed by atoms with Crippen LogP contribution in [0.25, 0.3) is 0 Å². The molecule has 2 fully saturated rings. The second kappa shape index (κ2) is 4.81. The van der Waals surface area contributed by atoms with Crippen LogP contribution in [0.4, 0.5) is 14.5 Å². The third-order valence-corrected chi connectivity index (χ3v) is 4.62. The molecule has 3 unspecified atom stereocenters. The minimum Gasteiger partial charge on any atom is -0.325 e. The zero-order chi connectivity index (χ0) is 14.3. The zero-order valence-corrected chi connectivity index (χ0v) is 11.2. The Morgan fingerprint density at radius 2 is 2.15 bits per heavy atom. The highest BCUT2D eigenvalue weighted by atomic mass is 19.1. The fourth-order valence-corrected chi connectivity index (χ4v) is 3.44. The molecule has 2 N–H and O–H groups in total. The Morgan fingerprint density at radius 1 is 1.35 bits per heavy atom. The van der Waals surface area contributed by atoms with Crippen LogP contribution >= 0.6 is 0 Å². The van der Waals surface area contributed by atoms with Crippen LogP contribution in [0.2, 0.25) is 0 Å². The van der Waals surface area contributed by atoms with E-state index in [1.54, 1.807) is 17.0 Å². The molecule has 0 bridgehead atoms. The molecule has 3 nitrogen and oxygen atoms in total. The molecule has 1 saturated carbocycles.